The molecule has 1 aliphatic rings. The van der Waals surface area contributed by atoms with Crippen LogP contribution in [0.1, 0.15) is 32.4 Å². The minimum atomic E-state index is -0.576. The van der Waals surface area contributed by atoms with Gasteiger partial charge >= 0.3 is 5.97 Å². The molecule has 0 bridgehead atoms. The van der Waals surface area contributed by atoms with E-state index in [1.165, 1.54) is 7.11 Å². The molecular formula is C24H28N2O5S. The van der Waals surface area contributed by atoms with E-state index in [0.717, 1.165) is 17.0 Å². The number of para-hydroxylation sites is 1. The van der Waals surface area contributed by atoms with Crippen molar-refractivity contribution >= 4 is 29.0 Å². The lowest BCUT2D eigenvalue weighted by Gasteiger charge is -2.38. The van der Waals surface area contributed by atoms with Crippen molar-refractivity contribution in [2.24, 2.45) is 0 Å². The van der Waals surface area contributed by atoms with Gasteiger partial charge in [0.15, 0.2) is 16.6 Å². The van der Waals surface area contributed by atoms with Gasteiger partial charge in [-0.25, -0.2) is 4.79 Å². The van der Waals surface area contributed by atoms with E-state index in [1.54, 1.807) is 19.1 Å². The molecule has 1 N–H and O–H groups in total. The van der Waals surface area contributed by atoms with Crippen LogP contribution >= 0.6 is 12.2 Å². The molecule has 3 rings (SSSR count). The summed E-state index contributed by atoms with van der Waals surface area (Å²) >= 11 is 5.72. The number of rotatable bonds is 7. The first-order valence-corrected chi connectivity index (χ1v) is 10.6. The summed E-state index contributed by atoms with van der Waals surface area (Å²) in [4.78, 5) is 14.8. The normalized spacial score (nSPS) is 16.0. The number of methoxy groups -OCH3 is 3. The third kappa shape index (κ3) is 4.50. The Morgan fingerprint density at radius 1 is 1.06 bits per heavy atom. The summed E-state index contributed by atoms with van der Waals surface area (Å²) in [6.07, 6.45) is -0.0944. The molecule has 1 heterocycles. The van der Waals surface area contributed by atoms with Crippen LogP contribution in [0.15, 0.2) is 53.7 Å². The average Bonchev–Trinajstić information content (AvgIpc) is 2.78. The van der Waals surface area contributed by atoms with Gasteiger partial charge in [-0.3, -0.25) is 4.90 Å². The van der Waals surface area contributed by atoms with Crippen molar-refractivity contribution in [1.82, 2.24) is 5.32 Å². The van der Waals surface area contributed by atoms with Crippen molar-refractivity contribution in [2.75, 3.05) is 26.2 Å². The molecule has 2 aromatic rings. The van der Waals surface area contributed by atoms with Gasteiger partial charge in [-0.2, -0.15) is 0 Å². The number of nitrogens with zero attached hydrogens (tertiary/aromatic N) is 1. The standard InChI is InChI=1S/C24H28N2O5S/c1-14(2)31-22-18(8-7-9-19(22)29-5)21-20(23(27)30-6)15(3)26(24(32)25-21)16-10-12-17(28-4)13-11-16/h7-14,21H,1-6H3,(H,25,32)/t21-/m1/s1. The zero-order valence-corrected chi connectivity index (χ0v) is 19.9. The largest absolute Gasteiger partial charge is 0.497 e. The van der Waals surface area contributed by atoms with Crippen molar-refractivity contribution in [3.8, 4) is 17.2 Å². The van der Waals surface area contributed by atoms with E-state index in [1.807, 2.05) is 63.2 Å². The Kier molecular flexibility index (Phi) is 7.25. The van der Waals surface area contributed by atoms with E-state index in [0.29, 0.717) is 27.9 Å². The van der Waals surface area contributed by atoms with Crippen LogP contribution in [0.4, 0.5) is 5.69 Å². The monoisotopic (exact) mass is 456 g/mol. The molecule has 0 saturated heterocycles. The maximum atomic E-state index is 13.0. The van der Waals surface area contributed by atoms with Crippen LogP contribution in [0, 0.1) is 0 Å². The summed E-state index contributed by atoms with van der Waals surface area (Å²) < 4.78 is 22.0. The summed E-state index contributed by atoms with van der Waals surface area (Å²) in [7, 11) is 4.55. The Morgan fingerprint density at radius 2 is 1.75 bits per heavy atom. The van der Waals surface area contributed by atoms with Gasteiger partial charge in [0.1, 0.15) is 5.75 Å². The van der Waals surface area contributed by atoms with Crippen LogP contribution in [0.5, 0.6) is 17.2 Å². The number of benzene rings is 2. The molecule has 0 radical (unpaired) electrons. The molecule has 0 spiro atoms. The van der Waals surface area contributed by atoms with Gasteiger partial charge in [0.2, 0.25) is 0 Å². The summed E-state index contributed by atoms with van der Waals surface area (Å²) in [5.74, 6) is 1.39. The molecule has 0 amide bonds. The molecule has 0 aromatic heterocycles. The smallest absolute Gasteiger partial charge is 0.337 e. The summed E-state index contributed by atoms with van der Waals surface area (Å²) in [5, 5.41) is 3.75. The lowest BCUT2D eigenvalue weighted by atomic mass is 9.93. The predicted molar refractivity (Wildman–Crippen MR) is 127 cm³/mol. The molecule has 170 valence electrons. The van der Waals surface area contributed by atoms with E-state index in [9.17, 15) is 4.79 Å². The SMILES string of the molecule is COC(=O)C1=C(C)N(c2ccc(OC)cc2)C(=S)N[C@@H]1c1cccc(OC)c1OC(C)C. The molecule has 0 unspecified atom stereocenters. The number of anilines is 1. The molecular weight excluding hydrogens is 428 g/mol. The Labute approximate surface area is 193 Å². The number of carbonyl (C=O) groups excluding carboxylic acids is 1. The van der Waals surface area contributed by atoms with E-state index in [-0.39, 0.29) is 6.10 Å². The zero-order valence-electron chi connectivity index (χ0n) is 19.1. The Balaban J connectivity index is 2.17. The number of hydrogen-bond acceptors (Lipinski definition) is 6. The van der Waals surface area contributed by atoms with Crippen LogP contribution in [0.3, 0.4) is 0 Å². The highest BCUT2D eigenvalue weighted by Gasteiger charge is 2.37. The van der Waals surface area contributed by atoms with Gasteiger partial charge in [-0.1, -0.05) is 12.1 Å². The molecule has 0 saturated carbocycles. The highest BCUT2D eigenvalue weighted by atomic mass is 32.1. The second kappa shape index (κ2) is 9.91. The average molecular weight is 457 g/mol. The number of esters is 1. The van der Waals surface area contributed by atoms with E-state index in [4.69, 9.17) is 31.2 Å². The van der Waals surface area contributed by atoms with Gasteiger partial charge < -0.3 is 24.3 Å². The lowest BCUT2D eigenvalue weighted by Crippen LogP contribution is -2.48. The maximum Gasteiger partial charge on any atom is 0.337 e. The van der Waals surface area contributed by atoms with Gasteiger partial charge in [0, 0.05) is 16.9 Å². The van der Waals surface area contributed by atoms with Gasteiger partial charge in [-0.15, -0.1) is 0 Å². The van der Waals surface area contributed by atoms with Gasteiger partial charge in [-0.05, 0) is 63.3 Å². The molecule has 7 nitrogen and oxygen atoms in total. The Bertz CT molecular complexity index is 1030. The highest BCUT2D eigenvalue weighted by molar-refractivity contribution is 7.80. The minimum Gasteiger partial charge on any atom is -0.497 e. The molecule has 32 heavy (non-hydrogen) atoms. The summed E-state index contributed by atoms with van der Waals surface area (Å²) in [6, 6.07) is 12.4. The number of nitrogens with one attached hydrogen (secondary N) is 1. The van der Waals surface area contributed by atoms with E-state index >= 15 is 0 Å². The molecule has 2 aromatic carbocycles. The number of ether oxygens (including phenoxy) is 4. The van der Waals surface area contributed by atoms with Crippen molar-refractivity contribution in [3.63, 3.8) is 0 Å². The first-order valence-electron chi connectivity index (χ1n) is 10.2. The fourth-order valence-electron chi connectivity index (χ4n) is 3.68. The zero-order chi connectivity index (χ0) is 23.4. The molecule has 0 aliphatic carbocycles. The van der Waals surface area contributed by atoms with Crippen LogP contribution < -0.4 is 24.4 Å². The van der Waals surface area contributed by atoms with Crippen LogP contribution in [-0.2, 0) is 9.53 Å². The van der Waals surface area contributed by atoms with Gasteiger partial charge in [0.25, 0.3) is 0 Å². The first-order chi connectivity index (χ1) is 15.3. The fraction of sp³-hybridized carbons (Fsp3) is 0.333. The number of hydrogen-bond donors (Lipinski definition) is 1. The number of allylic oxidation sites excluding steroid dienone is 1. The van der Waals surface area contributed by atoms with Crippen LogP contribution in [0.2, 0.25) is 0 Å². The molecule has 1 aliphatic heterocycles. The van der Waals surface area contributed by atoms with E-state index in [2.05, 4.69) is 5.32 Å². The summed E-state index contributed by atoms with van der Waals surface area (Å²) in [5.41, 5.74) is 2.62. The quantitative estimate of drug-likeness (QED) is 0.487. The first kappa shape index (κ1) is 23.4. The lowest BCUT2D eigenvalue weighted by molar-refractivity contribution is -0.136. The molecule has 0 fully saturated rings. The van der Waals surface area contributed by atoms with Gasteiger partial charge in [0.05, 0.1) is 39.0 Å². The second-order valence-corrected chi connectivity index (χ2v) is 7.84. The van der Waals surface area contributed by atoms with Crippen LogP contribution in [0.25, 0.3) is 0 Å². The minimum absolute atomic E-state index is 0.0944. The van der Waals surface area contributed by atoms with Crippen LogP contribution in [-0.4, -0.2) is 38.5 Å². The predicted octanol–water partition coefficient (Wildman–Crippen LogP) is 4.37. The highest BCUT2D eigenvalue weighted by Crippen LogP contribution is 2.42. The van der Waals surface area contributed by atoms with Crippen molar-refractivity contribution in [1.29, 1.82) is 0 Å². The van der Waals surface area contributed by atoms with E-state index < -0.39 is 12.0 Å². The third-order valence-electron chi connectivity index (χ3n) is 5.11. The molecule has 1 atom stereocenters. The third-order valence-corrected chi connectivity index (χ3v) is 5.41. The van der Waals surface area contributed by atoms with Crippen molar-refractivity contribution < 1.29 is 23.7 Å². The maximum absolute atomic E-state index is 13.0. The molecule has 8 heteroatoms. The second-order valence-electron chi connectivity index (χ2n) is 7.45. The Morgan fingerprint density at radius 3 is 2.31 bits per heavy atom. The summed E-state index contributed by atoms with van der Waals surface area (Å²) in [6.45, 7) is 5.71. The number of thiocarbonyl (C=S) groups is 1. The van der Waals surface area contributed by atoms with Crippen molar-refractivity contribution in [2.45, 2.75) is 32.9 Å². The topological polar surface area (TPSA) is 69.3 Å². The van der Waals surface area contributed by atoms with Crippen molar-refractivity contribution in [3.05, 3.63) is 59.3 Å². The fourth-order valence-corrected chi connectivity index (χ4v) is 4.04. The number of carbonyl (C=O) groups is 1. The Hall–Kier alpha value is -3.26.